The van der Waals surface area contributed by atoms with E-state index in [1.54, 1.807) is 6.07 Å². The molecule has 2 aromatic rings. The first-order valence-electron chi connectivity index (χ1n) is 5.04. The van der Waals surface area contributed by atoms with Gasteiger partial charge in [-0.25, -0.2) is 4.39 Å². The molecule has 5 heteroatoms. The molecule has 0 fully saturated rings. The monoisotopic (exact) mass is 283 g/mol. The molecule has 0 unspecified atom stereocenters. The van der Waals surface area contributed by atoms with E-state index >= 15 is 0 Å². The summed E-state index contributed by atoms with van der Waals surface area (Å²) in [7, 11) is 0. The van der Waals surface area contributed by atoms with Gasteiger partial charge in [0.25, 0.3) is 0 Å². The van der Waals surface area contributed by atoms with Crippen LogP contribution in [0.15, 0.2) is 36.4 Å². The molecule has 2 nitrogen and oxygen atoms in total. The standard InChI is InChI=1S/C13H8Cl2FNO/c14-10-6-7(17)4-5-8(10)13(18)9-2-1-3-11(16)12(9)15/h1-6H,17H2. The predicted octanol–water partition coefficient (Wildman–Crippen LogP) is 3.95. The molecule has 2 rings (SSSR count). The molecular weight excluding hydrogens is 276 g/mol. The van der Waals surface area contributed by atoms with Crippen molar-refractivity contribution >= 4 is 34.7 Å². The summed E-state index contributed by atoms with van der Waals surface area (Å²) in [6.07, 6.45) is 0. The molecule has 92 valence electrons. The normalized spacial score (nSPS) is 10.4. The second-order valence-electron chi connectivity index (χ2n) is 3.67. The number of anilines is 1. The van der Waals surface area contributed by atoms with Crippen LogP contribution in [0.5, 0.6) is 0 Å². The Bertz CT molecular complexity index is 628. The van der Waals surface area contributed by atoms with Crippen molar-refractivity contribution in [3.05, 3.63) is 63.4 Å². The van der Waals surface area contributed by atoms with Gasteiger partial charge in [-0.05, 0) is 30.3 Å². The van der Waals surface area contributed by atoms with E-state index in [1.165, 1.54) is 30.3 Å². The lowest BCUT2D eigenvalue weighted by atomic mass is 10.0. The van der Waals surface area contributed by atoms with Crippen molar-refractivity contribution in [2.24, 2.45) is 0 Å². The van der Waals surface area contributed by atoms with E-state index in [4.69, 9.17) is 28.9 Å². The zero-order chi connectivity index (χ0) is 13.3. The molecule has 2 N–H and O–H groups in total. The molecule has 0 aliphatic heterocycles. The van der Waals surface area contributed by atoms with Crippen molar-refractivity contribution in [1.82, 2.24) is 0 Å². The smallest absolute Gasteiger partial charge is 0.196 e. The minimum Gasteiger partial charge on any atom is -0.399 e. The minimum atomic E-state index is -0.644. The van der Waals surface area contributed by atoms with Gasteiger partial charge >= 0.3 is 0 Å². The molecule has 0 saturated heterocycles. The summed E-state index contributed by atoms with van der Waals surface area (Å²) in [6.45, 7) is 0. The fourth-order valence-electron chi connectivity index (χ4n) is 1.54. The molecule has 0 aromatic heterocycles. The zero-order valence-electron chi connectivity index (χ0n) is 9.08. The van der Waals surface area contributed by atoms with Crippen LogP contribution in [0.2, 0.25) is 10.0 Å². The van der Waals surface area contributed by atoms with E-state index in [-0.39, 0.29) is 21.2 Å². The van der Waals surface area contributed by atoms with Gasteiger partial charge in [-0.15, -0.1) is 0 Å². The third-order valence-corrected chi connectivity index (χ3v) is 3.13. The van der Waals surface area contributed by atoms with Crippen LogP contribution in [0.4, 0.5) is 10.1 Å². The summed E-state index contributed by atoms with van der Waals surface area (Å²) in [4.78, 5) is 12.2. The van der Waals surface area contributed by atoms with Crippen molar-refractivity contribution in [3.8, 4) is 0 Å². The van der Waals surface area contributed by atoms with Crippen molar-refractivity contribution in [3.63, 3.8) is 0 Å². The minimum absolute atomic E-state index is 0.0725. The van der Waals surface area contributed by atoms with Gasteiger partial charge in [0.15, 0.2) is 5.78 Å². The highest BCUT2D eigenvalue weighted by Crippen LogP contribution is 2.26. The highest BCUT2D eigenvalue weighted by Gasteiger charge is 2.17. The molecule has 0 spiro atoms. The molecule has 0 saturated carbocycles. The fourth-order valence-corrected chi connectivity index (χ4v) is 2.03. The van der Waals surface area contributed by atoms with Gasteiger partial charge in [-0.1, -0.05) is 29.3 Å². The van der Waals surface area contributed by atoms with E-state index in [0.29, 0.717) is 5.69 Å². The summed E-state index contributed by atoms with van der Waals surface area (Å²) in [5.74, 6) is -1.08. The number of carbonyl (C=O) groups excluding carboxylic acids is 1. The molecule has 0 atom stereocenters. The van der Waals surface area contributed by atoms with Crippen LogP contribution in [0.25, 0.3) is 0 Å². The van der Waals surface area contributed by atoms with Gasteiger partial charge in [0.1, 0.15) is 5.82 Å². The summed E-state index contributed by atoms with van der Waals surface area (Å²) >= 11 is 11.7. The Balaban J connectivity index is 2.51. The lowest BCUT2D eigenvalue weighted by molar-refractivity contribution is 0.103. The summed E-state index contributed by atoms with van der Waals surface area (Å²) in [5.41, 5.74) is 6.29. The number of nitrogens with two attached hydrogens (primary N) is 1. The highest BCUT2D eigenvalue weighted by molar-refractivity contribution is 6.38. The Morgan fingerprint density at radius 1 is 1.11 bits per heavy atom. The van der Waals surface area contributed by atoms with Gasteiger partial charge < -0.3 is 5.73 Å². The first-order chi connectivity index (χ1) is 8.50. The lowest BCUT2D eigenvalue weighted by Crippen LogP contribution is -2.04. The highest BCUT2D eigenvalue weighted by atomic mass is 35.5. The van der Waals surface area contributed by atoms with Crippen LogP contribution in [0, 0.1) is 5.82 Å². The van der Waals surface area contributed by atoms with E-state index in [1.807, 2.05) is 0 Å². The molecule has 0 amide bonds. The molecule has 0 aliphatic carbocycles. The predicted molar refractivity (Wildman–Crippen MR) is 70.7 cm³/mol. The van der Waals surface area contributed by atoms with Gasteiger partial charge in [-0.2, -0.15) is 0 Å². The van der Waals surface area contributed by atoms with E-state index in [0.717, 1.165) is 0 Å². The average molecular weight is 284 g/mol. The van der Waals surface area contributed by atoms with Gasteiger partial charge in [0.05, 0.1) is 10.0 Å². The molecule has 18 heavy (non-hydrogen) atoms. The van der Waals surface area contributed by atoms with Crippen molar-refractivity contribution in [2.75, 3.05) is 5.73 Å². The Hall–Kier alpha value is -1.58. The lowest BCUT2D eigenvalue weighted by Gasteiger charge is -2.06. The molecular formula is C13H8Cl2FNO. The van der Waals surface area contributed by atoms with Crippen molar-refractivity contribution < 1.29 is 9.18 Å². The second-order valence-corrected chi connectivity index (χ2v) is 4.45. The Morgan fingerprint density at radius 2 is 1.83 bits per heavy atom. The summed E-state index contributed by atoms with van der Waals surface area (Å²) < 4.78 is 13.3. The average Bonchev–Trinajstić information content (AvgIpc) is 2.32. The van der Waals surface area contributed by atoms with E-state index in [2.05, 4.69) is 0 Å². The number of carbonyl (C=O) groups is 1. The Kier molecular flexibility index (Phi) is 3.55. The fraction of sp³-hybridized carbons (Fsp3) is 0. The number of benzene rings is 2. The van der Waals surface area contributed by atoms with Crippen LogP contribution in [0.1, 0.15) is 15.9 Å². The number of nitrogen functional groups attached to an aromatic ring is 1. The van der Waals surface area contributed by atoms with Crippen molar-refractivity contribution in [1.29, 1.82) is 0 Å². The Labute approximate surface area is 113 Å². The molecule has 2 aromatic carbocycles. The molecule has 0 radical (unpaired) electrons. The number of rotatable bonds is 2. The number of halogens is 3. The van der Waals surface area contributed by atoms with Crippen LogP contribution in [-0.4, -0.2) is 5.78 Å². The maximum Gasteiger partial charge on any atom is 0.196 e. The third-order valence-electron chi connectivity index (χ3n) is 2.43. The SMILES string of the molecule is Nc1ccc(C(=O)c2cccc(F)c2Cl)c(Cl)c1. The van der Waals surface area contributed by atoms with Gasteiger partial charge in [0, 0.05) is 16.8 Å². The molecule has 0 heterocycles. The topological polar surface area (TPSA) is 43.1 Å². The number of hydrogen-bond acceptors (Lipinski definition) is 2. The van der Waals surface area contributed by atoms with E-state index in [9.17, 15) is 9.18 Å². The maximum atomic E-state index is 13.3. The first-order valence-corrected chi connectivity index (χ1v) is 5.80. The maximum absolute atomic E-state index is 13.3. The molecule has 0 bridgehead atoms. The van der Waals surface area contributed by atoms with Gasteiger partial charge in [-0.3, -0.25) is 4.79 Å². The van der Waals surface area contributed by atoms with Crippen molar-refractivity contribution in [2.45, 2.75) is 0 Å². The van der Waals surface area contributed by atoms with Gasteiger partial charge in [0.2, 0.25) is 0 Å². The van der Waals surface area contributed by atoms with Crippen LogP contribution >= 0.6 is 23.2 Å². The van der Waals surface area contributed by atoms with Crippen LogP contribution in [0.3, 0.4) is 0 Å². The van der Waals surface area contributed by atoms with Crippen LogP contribution in [-0.2, 0) is 0 Å². The van der Waals surface area contributed by atoms with E-state index < -0.39 is 11.6 Å². The quantitative estimate of drug-likeness (QED) is 0.670. The van der Waals surface area contributed by atoms with Crippen LogP contribution < -0.4 is 5.73 Å². The first kappa shape index (κ1) is 12.9. The third kappa shape index (κ3) is 2.33. The number of hydrogen-bond donors (Lipinski definition) is 1. The molecule has 0 aliphatic rings. The summed E-state index contributed by atoms with van der Waals surface area (Å²) in [6, 6.07) is 8.54. The zero-order valence-corrected chi connectivity index (χ0v) is 10.6. The largest absolute Gasteiger partial charge is 0.399 e. The number of ketones is 1. The Morgan fingerprint density at radius 3 is 2.50 bits per heavy atom. The summed E-state index contributed by atoms with van der Waals surface area (Å²) in [5, 5.41) is -0.00396. The second kappa shape index (κ2) is 4.96.